The normalized spacial score (nSPS) is 31.8. The average Bonchev–Trinajstić information content (AvgIpc) is 1.74. The topological polar surface area (TPSA) is 26.7 Å². The van der Waals surface area contributed by atoms with Crippen molar-refractivity contribution in [3.8, 4) is 0 Å². The molecule has 0 radical (unpaired) electrons. The van der Waals surface area contributed by atoms with E-state index in [4.69, 9.17) is 5.11 Å². The van der Waals surface area contributed by atoms with Gasteiger partial charge in [-0.05, 0) is 7.05 Å². The summed E-state index contributed by atoms with van der Waals surface area (Å²) < 4.78 is 0. The number of β-amino-alcohol motifs (C(OH)–C–C–N with tert-alkyl or cyclic N) is 1. The van der Waals surface area contributed by atoms with Crippen LogP contribution in [0.25, 0.3) is 0 Å². The summed E-state index contributed by atoms with van der Waals surface area (Å²) in [5.41, 5.74) is 0. The van der Waals surface area contributed by atoms with Gasteiger partial charge in [-0.1, -0.05) is 0 Å². The van der Waals surface area contributed by atoms with Crippen LogP contribution in [-0.4, -0.2) is 60.3 Å². The van der Waals surface area contributed by atoms with E-state index < -0.39 is 0 Å². The van der Waals surface area contributed by atoms with Crippen LogP contribution in [0.1, 0.15) is 0 Å². The Kier molecular flexibility index (Phi) is 1.44. The number of likely N-dealkylation sites (tertiary alicyclic amines) is 2. The lowest BCUT2D eigenvalue weighted by Gasteiger charge is -2.49. The maximum absolute atomic E-state index is 9.00. The van der Waals surface area contributed by atoms with Gasteiger partial charge in [0, 0.05) is 32.2 Å². The van der Waals surface area contributed by atoms with Crippen LogP contribution in [-0.2, 0) is 0 Å². The molecule has 0 atom stereocenters. The summed E-state index contributed by atoms with van der Waals surface area (Å²) >= 11 is 0. The van der Waals surface area contributed by atoms with Gasteiger partial charge in [-0.25, -0.2) is 0 Å². The summed E-state index contributed by atoms with van der Waals surface area (Å²) in [6.07, 6.45) is -0.0362. The second kappa shape index (κ2) is 2.19. The molecular formula is C7H14N2O. The molecule has 2 fully saturated rings. The van der Waals surface area contributed by atoms with Crippen molar-refractivity contribution in [2.24, 2.45) is 0 Å². The molecule has 0 aliphatic carbocycles. The third-order valence-electron chi connectivity index (χ3n) is 2.45. The highest BCUT2D eigenvalue weighted by Crippen LogP contribution is 2.18. The van der Waals surface area contributed by atoms with Crippen molar-refractivity contribution in [3.63, 3.8) is 0 Å². The molecule has 2 aliphatic rings. The molecule has 0 bridgehead atoms. The maximum Gasteiger partial charge on any atom is 0.0794 e. The highest BCUT2D eigenvalue weighted by molar-refractivity contribution is 4.92. The van der Waals surface area contributed by atoms with Crippen LogP contribution >= 0.6 is 0 Å². The summed E-state index contributed by atoms with van der Waals surface area (Å²) in [5, 5.41) is 9.00. The zero-order valence-corrected chi connectivity index (χ0v) is 6.32. The van der Waals surface area contributed by atoms with Gasteiger partial charge in [0.2, 0.25) is 0 Å². The Morgan fingerprint density at radius 3 is 2.20 bits per heavy atom. The Bertz CT molecular complexity index is 112. The number of hydrogen-bond acceptors (Lipinski definition) is 3. The van der Waals surface area contributed by atoms with Crippen LogP contribution in [0.4, 0.5) is 0 Å². The second-order valence-electron chi connectivity index (χ2n) is 3.48. The zero-order valence-electron chi connectivity index (χ0n) is 6.32. The molecule has 0 aromatic heterocycles. The van der Waals surface area contributed by atoms with E-state index in [0.717, 1.165) is 19.1 Å². The van der Waals surface area contributed by atoms with E-state index in [0.29, 0.717) is 0 Å². The third kappa shape index (κ3) is 0.944. The molecule has 3 heteroatoms. The monoisotopic (exact) mass is 142 g/mol. The molecule has 0 aromatic carbocycles. The molecule has 0 unspecified atom stereocenters. The van der Waals surface area contributed by atoms with Crippen molar-refractivity contribution >= 4 is 0 Å². The Morgan fingerprint density at radius 1 is 1.20 bits per heavy atom. The van der Waals surface area contributed by atoms with E-state index in [1.165, 1.54) is 13.1 Å². The van der Waals surface area contributed by atoms with Crippen LogP contribution in [0.15, 0.2) is 0 Å². The quantitative estimate of drug-likeness (QED) is 0.507. The fourth-order valence-corrected chi connectivity index (χ4v) is 1.68. The van der Waals surface area contributed by atoms with Crippen LogP contribution in [0, 0.1) is 0 Å². The van der Waals surface area contributed by atoms with Gasteiger partial charge in [-0.2, -0.15) is 0 Å². The molecule has 2 aliphatic heterocycles. The van der Waals surface area contributed by atoms with Gasteiger partial charge < -0.3 is 10.0 Å². The lowest BCUT2D eigenvalue weighted by atomic mass is 10.0. The Labute approximate surface area is 61.2 Å². The van der Waals surface area contributed by atoms with Gasteiger partial charge in [0.25, 0.3) is 0 Å². The van der Waals surface area contributed by atoms with Gasteiger partial charge in [-0.3, -0.25) is 4.90 Å². The summed E-state index contributed by atoms with van der Waals surface area (Å²) in [7, 11) is 2.13. The van der Waals surface area contributed by atoms with Gasteiger partial charge in [0.05, 0.1) is 6.10 Å². The number of likely N-dealkylation sites (N-methyl/N-ethyl adjacent to an activating group) is 1. The van der Waals surface area contributed by atoms with Gasteiger partial charge >= 0.3 is 0 Å². The van der Waals surface area contributed by atoms with E-state index in [-0.39, 0.29) is 6.10 Å². The highest BCUT2D eigenvalue weighted by Gasteiger charge is 2.36. The standard InChI is InChI=1S/C7H14N2O/c1-8-2-6(3-8)9-4-7(10)5-9/h6-7,10H,2-5H2,1H3. The molecule has 58 valence electrons. The van der Waals surface area contributed by atoms with Crippen LogP contribution < -0.4 is 0 Å². The lowest BCUT2D eigenvalue weighted by molar-refractivity contribution is -0.0644. The van der Waals surface area contributed by atoms with Gasteiger partial charge in [0.15, 0.2) is 0 Å². The number of hydrogen-bond donors (Lipinski definition) is 1. The van der Waals surface area contributed by atoms with Gasteiger partial charge in [-0.15, -0.1) is 0 Å². The number of aliphatic hydroxyl groups is 1. The number of aliphatic hydroxyl groups excluding tert-OH is 1. The fourth-order valence-electron chi connectivity index (χ4n) is 1.68. The first-order chi connectivity index (χ1) is 4.75. The van der Waals surface area contributed by atoms with Crippen molar-refractivity contribution in [3.05, 3.63) is 0 Å². The second-order valence-corrected chi connectivity index (χ2v) is 3.48. The highest BCUT2D eigenvalue weighted by atomic mass is 16.3. The predicted octanol–water partition coefficient (Wildman–Crippen LogP) is -1.02. The third-order valence-corrected chi connectivity index (χ3v) is 2.45. The van der Waals surface area contributed by atoms with Crippen molar-refractivity contribution in [2.75, 3.05) is 33.2 Å². The molecule has 0 amide bonds. The molecule has 0 aromatic rings. The molecule has 3 nitrogen and oxygen atoms in total. The van der Waals surface area contributed by atoms with Gasteiger partial charge in [0.1, 0.15) is 0 Å². The Balaban J connectivity index is 1.72. The summed E-state index contributed by atoms with van der Waals surface area (Å²) in [5.74, 6) is 0. The largest absolute Gasteiger partial charge is 0.390 e. The molecule has 2 rings (SSSR count). The summed E-state index contributed by atoms with van der Waals surface area (Å²) in [6.45, 7) is 4.18. The molecular weight excluding hydrogens is 128 g/mol. The zero-order chi connectivity index (χ0) is 7.14. The molecule has 10 heavy (non-hydrogen) atoms. The van der Waals surface area contributed by atoms with E-state index >= 15 is 0 Å². The minimum Gasteiger partial charge on any atom is -0.390 e. The van der Waals surface area contributed by atoms with Crippen molar-refractivity contribution in [2.45, 2.75) is 12.1 Å². The van der Waals surface area contributed by atoms with Crippen molar-refractivity contribution < 1.29 is 5.11 Å². The first-order valence-corrected chi connectivity index (χ1v) is 3.86. The first kappa shape index (κ1) is 6.58. The summed E-state index contributed by atoms with van der Waals surface area (Å²) in [4.78, 5) is 4.65. The molecule has 2 saturated heterocycles. The van der Waals surface area contributed by atoms with Crippen molar-refractivity contribution in [1.29, 1.82) is 0 Å². The van der Waals surface area contributed by atoms with Crippen molar-refractivity contribution in [1.82, 2.24) is 9.80 Å². The van der Waals surface area contributed by atoms with E-state index in [2.05, 4.69) is 16.8 Å². The SMILES string of the molecule is CN1CC(N2CC(O)C2)C1. The molecule has 1 N–H and O–H groups in total. The fraction of sp³-hybridized carbons (Fsp3) is 1.00. The minimum atomic E-state index is -0.0362. The number of rotatable bonds is 1. The first-order valence-electron chi connectivity index (χ1n) is 3.86. The molecule has 2 heterocycles. The van der Waals surface area contributed by atoms with Crippen LogP contribution in [0.3, 0.4) is 0 Å². The lowest BCUT2D eigenvalue weighted by Crippen LogP contribution is -2.65. The van der Waals surface area contributed by atoms with E-state index in [1.807, 2.05) is 0 Å². The Morgan fingerprint density at radius 2 is 1.80 bits per heavy atom. The number of nitrogens with zero attached hydrogens (tertiary/aromatic N) is 2. The van der Waals surface area contributed by atoms with E-state index in [9.17, 15) is 0 Å². The average molecular weight is 142 g/mol. The maximum atomic E-state index is 9.00. The Hall–Kier alpha value is -0.120. The predicted molar refractivity (Wildman–Crippen MR) is 38.9 cm³/mol. The van der Waals surface area contributed by atoms with Crippen LogP contribution in [0.5, 0.6) is 0 Å². The smallest absolute Gasteiger partial charge is 0.0794 e. The molecule has 0 saturated carbocycles. The minimum absolute atomic E-state index is 0.0362. The molecule has 0 spiro atoms. The summed E-state index contributed by atoms with van der Waals surface area (Å²) in [6, 6.07) is 0.744. The van der Waals surface area contributed by atoms with E-state index in [1.54, 1.807) is 0 Å². The van der Waals surface area contributed by atoms with Crippen LogP contribution in [0.2, 0.25) is 0 Å².